The monoisotopic (exact) mass is 659 g/mol. The Morgan fingerprint density at radius 1 is 0.365 bits per heavy atom. The van der Waals surface area contributed by atoms with Crippen molar-refractivity contribution in [2.75, 3.05) is 0 Å². The van der Waals surface area contributed by atoms with Crippen LogP contribution in [0.4, 0.5) is 0 Å². The Balaban J connectivity index is 1.29. The van der Waals surface area contributed by atoms with Gasteiger partial charge in [-0.3, -0.25) is 4.57 Å². The molecule has 3 heteroatoms. The van der Waals surface area contributed by atoms with Crippen LogP contribution in [0.15, 0.2) is 176 Å². The van der Waals surface area contributed by atoms with E-state index in [1.807, 2.05) is 0 Å². The molecule has 0 amide bonds. The maximum absolute atomic E-state index is 5.42. The van der Waals surface area contributed by atoms with Crippen LogP contribution in [0.3, 0.4) is 0 Å². The maximum Gasteiger partial charge on any atom is 0.235 e. The molecule has 0 bridgehead atoms. The van der Waals surface area contributed by atoms with Gasteiger partial charge in [0, 0.05) is 21.7 Å². The van der Waals surface area contributed by atoms with E-state index < -0.39 is 5.41 Å². The summed E-state index contributed by atoms with van der Waals surface area (Å²) in [5.41, 5.74) is 15.0. The number of benzene rings is 8. The maximum atomic E-state index is 5.42. The quantitative estimate of drug-likeness (QED) is 0.189. The van der Waals surface area contributed by atoms with Gasteiger partial charge in [0.1, 0.15) is 0 Å². The smallest absolute Gasteiger partial charge is 0.235 e. The zero-order valence-corrected chi connectivity index (χ0v) is 28.1. The molecule has 2 aromatic heterocycles. The molecule has 0 N–H and O–H groups in total. The molecule has 2 heterocycles. The lowest BCUT2D eigenvalue weighted by molar-refractivity contribution is 0.783. The number of hydrogen-bond acceptors (Lipinski definition) is 2. The Morgan fingerprint density at radius 3 is 1.75 bits per heavy atom. The fourth-order valence-electron chi connectivity index (χ4n) is 9.64. The summed E-state index contributed by atoms with van der Waals surface area (Å²) in [4.78, 5) is 10.7. The predicted molar refractivity (Wildman–Crippen MR) is 213 cm³/mol. The van der Waals surface area contributed by atoms with Crippen LogP contribution in [-0.4, -0.2) is 14.5 Å². The minimum absolute atomic E-state index is 0.493. The minimum Gasteiger partial charge on any atom is -0.278 e. The van der Waals surface area contributed by atoms with E-state index in [2.05, 4.69) is 180 Å². The first-order valence-corrected chi connectivity index (χ1v) is 17.9. The van der Waals surface area contributed by atoms with Crippen LogP contribution < -0.4 is 0 Å². The molecule has 52 heavy (non-hydrogen) atoms. The fourth-order valence-corrected chi connectivity index (χ4v) is 9.64. The molecule has 0 saturated heterocycles. The van der Waals surface area contributed by atoms with E-state index in [0.29, 0.717) is 5.95 Å². The molecule has 10 aromatic rings. The zero-order chi connectivity index (χ0) is 34.0. The number of aromatic nitrogens is 3. The highest BCUT2D eigenvalue weighted by atomic mass is 15.2. The van der Waals surface area contributed by atoms with E-state index in [1.54, 1.807) is 0 Å². The molecule has 8 aromatic carbocycles. The Hall–Kier alpha value is -6.84. The molecule has 1 spiro atoms. The molecule has 0 aliphatic heterocycles. The van der Waals surface area contributed by atoms with Crippen LogP contribution in [0.2, 0.25) is 0 Å². The lowest BCUT2D eigenvalue weighted by Gasteiger charge is -2.38. The highest BCUT2D eigenvalue weighted by Gasteiger charge is 2.50. The van der Waals surface area contributed by atoms with Crippen molar-refractivity contribution in [2.24, 2.45) is 0 Å². The van der Waals surface area contributed by atoms with Crippen LogP contribution in [-0.2, 0) is 5.41 Å². The van der Waals surface area contributed by atoms with Crippen molar-refractivity contribution in [2.45, 2.75) is 5.41 Å². The molecule has 0 radical (unpaired) electrons. The molecule has 12 rings (SSSR count). The SMILES string of the molecule is c1ccc(-c2nc(-n3c4cccc5c4c4c6c(ccc(-c7ccccc7)c6ccc43)C53c4ccccc4-c4ccccc43)nc3ccccc23)cc1. The van der Waals surface area contributed by atoms with Crippen molar-refractivity contribution in [3.63, 3.8) is 0 Å². The Labute approximate surface area is 300 Å². The third-order valence-corrected chi connectivity index (χ3v) is 11.6. The molecule has 240 valence electrons. The highest BCUT2D eigenvalue weighted by Crippen LogP contribution is 2.62. The van der Waals surface area contributed by atoms with E-state index >= 15 is 0 Å². The van der Waals surface area contributed by atoms with Crippen molar-refractivity contribution in [3.05, 3.63) is 198 Å². The summed E-state index contributed by atoms with van der Waals surface area (Å²) in [6, 6.07) is 64.0. The number of hydrogen-bond donors (Lipinski definition) is 0. The summed E-state index contributed by atoms with van der Waals surface area (Å²) < 4.78 is 2.32. The minimum atomic E-state index is -0.493. The summed E-state index contributed by atoms with van der Waals surface area (Å²) >= 11 is 0. The topological polar surface area (TPSA) is 30.7 Å². The van der Waals surface area contributed by atoms with E-state index in [1.165, 1.54) is 66.1 Å². The van der Waals surface area contributed by atoms with Crippen LogP contribution in [0, 0.1) is 0 Å². The van der Waals surface area contributed by atoms with Gasteiger partial charge in [0.2, 0.25) is 5.95 Å². The van der Waals surface area contributed by atoms with Gasteiger partial charge in [0.25, 0.3) is 0 Å². The van der Waals surface area contributed by atoms with Gasteiger partial charge in [-0.25, -0.2) is 9.97 Å². The second-order valence-corrected chi connectivity index (χ2v) is 14.0. The van der Waals surface area contributed by atoms with Gasteiger partial charge in [-0.05, 0) is 73.5 Å². The standard InChI is InChI=1S/C49H29N3/c1-3-14-30(15-4-1)32-26-28-40-44-35(32)27-29-43-46(44)45-39(49(40)37-21-10-7-18-33(37)34-19-8-11-22-38(34)49)23-13-25-42(45)52(43)48-50-41-24-12-9-20-36(41)47(51-48)31-16-5-2-6-17-31/h1-29H. The molecular formula is C49H29N3. The number of fused-ring (bicyclic) bond motifs is 8. The molecule has 0 fully saturated rings. The van der Waals surface area contributed by atoms with Crippen molar-refractivity contribution in [3.8, 4) is 39.5 Å². The van der Waals surface area contributed by atoms with Gasteiger partial charge in [0.05, 0.1) is 27.7 Å². The third-order valence-electron chi connectivity index (χ3n) is 11.6. The van der Waals surface area contributed by atoms with E-state index in [4.69, 9.17) is 9.97 Å². The average Bonchev–Trinajstić information content (AvgIpc) is 3.71. The first-order chi connectivity index (χ1) is 25.8. The summed E-state index contributed by atoms with van der Waals surface area (Å²) in [6.07, 6.45) is 0. The number of para-hydroxylation sites is 1. The molecule has 0 unspecified atom stereocenters. The van der Waals surface area contributed by atoms with Crippen LogP contribution in [0.25, 0.3) is 82.9 Å². The highest BCUT2D eigenvalue weighted by molar-refractivity contribution is 6.28. The van der Waals surface area contributed by atoms with E-state index in [-0.39, 0.29) is 0 Å². The molecule has 0 saturated carbocycles. The van der Waals surface area contributed by atoms with Gasteiger partial charge in [-0.15, -0.1) is 0 Å². The van der Waals surface area contributed by atoms with E-state index in [0.717, 1.165) is 33.2 Å². The Kier molecular flexibility index (Phi) is 5.43. The Bertz CT molecular complexity index is 3070. The summed E-state index contributed by atoms with van der Waals surface area (Å²) in [6.45, 7) is 0. The van der Waals surface area contributed by atoms with E-state index in [9.17, 15) is 0 Å². The normalized spacial score (nSPS) is 13.5. The summed E-state index contributed by atoms with van der Waals surface area (Å²) in [5.74, 6) is 0.679. The Morgan fingerprint density at radius 2 is 0.981 bits per heavy atom. The third kappa shape index (κ3) is 3.40. The van der Waals surface area contributed by atoms with Crippen LogP contribution >= 0.6 is 0 Å². The summed E-state index contributed by atoms with van der Waals surface area (Å²) in [5, 5.41) is 6.14. The second-order valence-electron chi connectivity index (χ2n) is 14.0. The molecule has 2 aliphatic carbocycles. The summed E-state index contributed by atoms with van der Waals surface area (Å²) in [7, 11) is 0. The fraction of sp³-hybridized carbons (Fsp3) is 0.0204. The van der Waals surface area contributed by atoms with Crippen LogP contribution in [0.1, 0.15) is 22.3 Å². The predicted octanol–water partition coefficient (Wildman–Crippen LogP) is 11.9. The number of nitrogens with zero attached hydrogens (tertiary/aromatic N) is 3. The van der Waals surface area contributed by atoms with Crippen molar-refractivity contribution >= 4 is 43.5 Å². The first-order valence-electron chi connectivity index (χ1n) is 17.9. The first kappa shape index (κ1) is 27.9. The van der Waals surface area contributed by atoms with Crippen molar-refractivity contribution in [1.29, 1.82) is 0 Å². The zero-order valence-electron chi connectivity index (χ0n) is 28.1. The van der Waals surface area contributed by atoms with Gasteiger partial charge >= 0.3 is 0 Å². The lowest BCUT2D eigenvalue weighted by atomic mass is 9.63. The van der Waals surface area contributed by atoms with Gasteiger partial charge < -0.3 is 0 Å². The molecule has 3 nitrogen and oxygen atoms in total. The van der Waals surface area contributed by atoms with Crippen molar-refractivity contribution < 1.29 is 0 Å². The number of rotatable bonds is 3. The largest absolute Gasteiger partial charge is 0.278 e. The lowest BCUT2D eigenvalue weighted by Crippen LogP contribution is -2.30. The average molecular weight is 660 g/mol. The van der Waals surface area contributed by atoms with Crippen molar-refractivity contribution in [1.82, 2.24) is 14.5 Å². The molecule has 2 aliphatic rings. The van der Waals surface area contributed by atoms with Gasteiger partial charge in [0.15, 0.2) is 0 Å². The van der Waals surface area contributed by atoms with Crippen LogP contribution in [0.5, 0.6) is 0 Å². The van der Waals surface area contributed by atoms with Gasteiger partial charge in [-0.1, -0.05) is 158 Å². The second kappa shape index (κ2) is 10.1. The van der Waals surface area contributed by atoms with Gasteiger partial charge in [-0.2, -0.15) is 0 Å². The molecule has 0 atom stereocenters. The molecular weight excluding hydrogens is 631 g/mol.